The summed E-state index contributed by atoms with van der Waals surface area (Å²) in [4.78, 5) is 2.95. The van der Waals surface area contributed by atoms with Crippen molar-refractivity contribution in [2.45, 2.75) is 94.7 Å². The van der Waals surface area contributed by atoms with Crippen LogP contribution in [0.3, 0.4) is 0 Å². The van der Waals surface area contributed by atoms with Crippen molar-refractivity contribution in [2.24, 2.45) is 0 Å². The Hall–Kier alpha value is -1.22. The van der Waals surface area contributed by atoms with E-state index in [-0.39, 0.29) is 0 Å². The standard InChI is InChI=1S/C21H33N3/c22-20-10-6-9-19(21(20)23)15-13-17-11-12-18(14-15)24(17)16-7-4-2-1-3-5-8-16/h6,9-10,15-18H,1-5,7-8,11-14,22-23H2/t15-,17+,18-. The summed E-state index contributed by atoms with van der Waals surface area (Å²) in [6, 6.07) is 8.61. The van der Waals surface area contributed by atoms with Crippen molar-refractivity contribution in [1.29, 1.82) is 0 Å². The Morgan fingerprint density at radius 1 is 0.750 bits per heavy atom. The zero-order chi connectivity index (χ0) is 16.5. The van der Waals surface area contributed by atoms with Gasteiger partial charge in [-0.1, -0.05) is 44.2 Å². The van der Waals surface area contributed by atoms with Gasteiger partial charge in [0.1, 0.15) is 0 Å². The first kappa shape index (κ1) is 16.3. The predicted molar refractivity (Wildman–Crippen MR) is 102 cm³/mol. The Morgan fingerprint density at radius 2 is 1.38 bits per heavy atom. The zero-order valence-corrected chi connectivity index (χ0v) is 14.9. The van der Waals surface area contributed by atoms with Gasteiger partial charge >= 0.3 is 0 Å². The third-order valence-electron chi connectivity index (χ3n) is 6.90. The molecule has 4 N–H and O–H groups in total. The van der Waals surface area contributed by atoms with Crippen LogP contribution in [0.2, 0.25) is 0 Å². The van der Waals surface area contributed by atoms with Crippen molar-refractivity contribution in [2.75, 3.05) is 11.5 Å². The van der Waals surface area contributed by atoms with E-state index < -0.39 is 0 Å². The largest absolute Gasteiger partial charge is 0.397 e. The van der Waals surface area contributed by atoms with Crippen molar-refractivity contribution in [3.63, 3.8) is 0 Å². The number of nitrogens with two attached hydrogens (primary N) is 2. The number of piperidine rings is 1. The van der Waals surface area contributed by atoms with Crippen molar-refractivity contribution in [3.8, 4) is 0 Å². The normalized spacial score (nSPS) is 32.4. The second-order valence-electron chi connectivity index (χ2n) is 8.35. The van der Waals surface area contributed by atoms with E-state index in [0.717, 1.165) is 29.5 Å². The average molecular weight is 328 g/mol. The van der Waals surface area contributed by atoms with E-state index in [2.05, 4.69) is 17.0 Å². The van der Waals surface area contributed by atoms with Crippen LogP contribution in [0.5, 0.6) is 0 Å². The SMILES string of the molecule is Nc1cccc([C@H]2C[C@H]3CC[C@@H](C2)N3C2CCCCCCC2)c1N. The first-order chi connectivity index (χ1) is 11.7. The lowest BCUT2D eigenvalue weighted by molar-refractivity contribution is 0.0622. The fourth-order valence-corrected chi connectivity index (χ4v) is 5.75. The van der Waals surface area contributed by atoms with Gasteiger partial charge in [-0.2, -0.15) is 0 Å². The Morgan fingerprint density at radius 3 is 2.04 bits per heavy atom. The van der Waals surface area contributed by atoms with Crippen LogP contribution in [-0.2, 0) is 0 Å². The van der Waals surface area contributed by atoms with Gasteiger partial charge in [-0.05, 0) is 56.1 Å². The van der Waals surface area contributed by atoms with E-state index in [0.29, 0.717) is 5.92 Å². The maximum Gasteiger partial charge on any atom is 0.0583 e. The lowest BCUT2D eigenvalue weighted by Crippen LogP contribution is -2.48. The van der Waals surface area contributed by atoms with Crippen LogP contribution in [0, 0.1) is 0 Å². The lowest BCUT2D eigenvalue weighted by Gasteiger charge is -2.44. The molecule has 3 atom stereocenters. The molecular weight excluding hydrogens is 294 g/mol. The van der Waals surface area contributed by atoms with Crippen molar-refractivity contribution < 1.29 is 0 Å². The molecule has 2 heterocycles. The Balaban J connectivity index is 1.50. The van der Waals surface area contributed by atoms with Crippen LogP contribution in [0.1, 0.15) is 82.1 Å². The minimum atomic E-state index is 0.607. The fraction of sp³-hybridized carbons (Fsp3) is 0.714. The summed E-state index contributed by atoms with van der Waals surface area (Å²) >= 11 is 0. The van der Waals surface area contributed by atoms with Gasteiger partial charge in [0.25, 0.3) is 0 Å². The van der Waals surface area contributed by atoms with Crippen LogP contribution in [0.4, 0.5) is 11.4 Å². The summed E-state index contributed by atoms with van der Waals surface area (Å²) in [5.74, 6) is 0.607. The highest BCUT2D eigenvalue weighted by Crippen LogP contribution is 2.47. The second kappa shape index (κ2) is 6.95. The highest BCUT2D eigenvalue weighted by atomic mass is 15.2. The molecule has 2 saturated heterocycles. The molecule has 0 radical (unpaired) electrons. The average Bonchev–Trinajstić information content (AvgIpc) is 2.80. The molecule has 1 saturated carbocycles. The molecule has 2 aliphatic heterocycles. The second-order valence-corrected chi connectivity index (χ2v) is 8.35. The predicted octanol–water partition coefficient (Wildman–Crippen LogP) is 4.67. The molecule has 3 aliphatic rings. The van der Waals surface area contributed by atoms with Gasteiger partial charge in [-0.3, -0.25) is 4.90 Å². The van der Waals surface area contributed by atoms with E-state index in [1.165, 1.54) is 76.2 Å². The number of anilines is 2. The Labute approximate surface area is 146 Å². The number of hydrogen-bond donors (Lipinski definition) is 2. The minimum absolute atomic E-state index is 0.607. The summed E-state index contributed by atoms with van der Waals surface area (Å²) in [6.45, 7) is 0. The van der Waals surface area contributed by atoms with Gasteiger partial charge in [0.05, 0.1) is 11.4 Å². The van der Waals surface area contributed by atoms with E-state index in [9.17, 15) is 0 Å². The molecule has 3 nitrogen and oxygen atoms in total. The molecule has 3 fully saturated rings. The molecule has 0 unspecified atom stereocenters. The van der Waals surface area contributed by atoms with Crippen molar-refractivity contribution >= 4 is 11.4 Å². The first-order valence-electron chi connectivity index (χ1n) is 10.2. The lowest BCUT2D eigenvalue weighted by atomic mass is 9.82. The number of nitrogen functional groups attached to an aromatic ring is 2. The number of hydrogen-bond acceptors (Lipinski definition) is 3. The number of para-hydroxylation sites is 1. The number of benzene rings is 1. The van der Waals surface area contributed by atoms with E-state index in [4.69, 9.17) is 11.5 Å². The molecule has 1 aliphatic carbocycles. The number of rotatable bonds is 2. The van der Waals surface area contributed by atoms with Crippen LogP contribution in [0.25, 0.3) is 0 Å². The maximum atomic E-state index is 6.30. The highest BCUT2D eigenvalue weighted by Gasteiger charge is 2.44. The van der Waals surface area contributed by atoms with E-state index in [1.807, 2.05) is 6.07 Å². The molecule has 0 spiro atoms. The van der Waals surface area contributed by atoms with Gasteiger partial charge in [-0.25, -0.2) is 0 Å². The number of fused-ring (bicyclic) bond motifs is 2. The Bertz CT molecular complexity index is 548. The summed E-state index contributed by atoms with van der Waals surface area (Å²) in [5.41, 5.74) is 15.3. The smallest absolute Gasteiger partial charge is 0.0583 e. The van der Waals surface area contributed by atoms with Gasteiger partial charge in [-0.15, -0.1) is 0 Å². The molecule has 4 rings (SSSR count). The third-order valence-corrected chi connectivity index (χ3v) is 6.90. The molecule has 1 aromatic carbocycles. The molecule has 24 heavy (non-hydrogen) atoms. The van der Waals surface area contributed by atoms with Gasteiger partial charge < -0.3 is 11.5 Å². The zero-order valence-electron chi connectivity index (χ0n) is 14.9. The van der Waals surface area contributed by atoms with E-state index in [1.54, 1.807) is 0 Å². The van der Waals surface area contributed by atoms with Gasteiger partial charge in [0.2, 0.25) is 0 Å². The molecule has 1 aromatic rings. The Kier molecular flexibility index (Phi) is 4.71. The van der Waals surface area contributed by atoms with E-state index >= 15 is 0 Å². The summed E-state index contributed by atoms with van der Waals surface area (Å²) < 4.78 is 0. The highest BCUT2D eigenvalue weighted by molar-refractivity contribution is 5.68. The van der Waals surface area contributed by atoms with Crippen molar-refractivity contribution in [1.82, 2.24) is 4.90 Å². The van der Waals surface area contributed by atoms with Crippen LogP contribution >= 0.6 is 0 Å². The van der Waals surface area contributed by atoms with Crippen LogP contribution in [0.15, 0.2) is 18.2 Å². The number of nitrogens with zero attached hydrogens (tertiary/aromatic N) is 1. The summed E-state index contributed by atoms with van der Waals surface area (Å²) in [6.07, 6.45) is 15.4. The molecule has 3 heteroatoms. The molecule has 2 bridgehead atoms. The minimum Gasteiger partial charge on any atom is -0.397 e. The van der Waals surface area contributed by atoms with Gasteiger partial charge in [0.15, 0.2) is 0 Å². The first-order valence-corrected chi connectivity index (χ1v) is 10.2. The molecule has 0 amide bonds. The monoisotopic (exact) mass is 327 g/mol. The van der Waals surface area contributed by atoms with Crippen LogP contribution < -0.4 is 11.5 Å². The third kappa shape index (κ3) is 3.03. The quantitative estimate of drug-likeness (QED) is 0.776. The maximum absolute atomic E-state index is 6.30. The molecular formula is C21H33N3. The topological polar surface area (TPSA) is 55.3 Å². The molecule has 0 aromatic heterocycles. The van der Waals surface area contributed by atoms with Crippen molar-refractivity contribution in [3.05, 3.63) is 23.8 Å². The summed E-state index contributed by atoms with van der Waals surface area (Å²) in [7, 11) is 0. The summed E-state index contributed by atoms with van der Waals surface area (Å²) in [5, 5.41) is 0. The fourth-order valence-electron chi connectivity index (χ4n) is 5.75. The van der Waals surface area contributed by atoms with Gasteiger partial charge in [0, 0.05) is 18.1 Å². The van der Waals surface area contributed by atoms with Crippen LogP contribution in [-0.4, -0.2) is 23.0 Å². The molecule has 132 valence electrons.